The van der Waals surface area contributed by atoms with Crippen LogP contribution < -0.4 is 0 Å². The van der Waals surface area contributed by atoms with Gasteiger partial charge in [-0.3, -0.25) is 9.59 Å². The number of carbonyl (C=O) groups excluding carboxylic acids is 2. The number of aliphatic hydroxyl groups excluding tert-OH is 1. The van der Waals surface area contributed by atoms with Crippen LogP contribution in [-0.2, 0) is 19.1 Å². The van der Waals surface area contributed by atoms with Crippen molar-refractivity contribution in [2.75, 3.05) is 59.2 Å². The van der Waals surface area contributed by atoms with Gasteiger partial charge in [0.1, 0.15) is 0 Å². The van der Waals surface area contributed by atoms with Crippen LogP contribution in [0, 0.1) is 11.8 Å². The Morgan fingerprint density at radius 2 is 0.836 bits per heavy atom. The van der Waals surface area contributed by atoms with Crippen LogP contribution in [-0.4, -0.2) is 85.9 Å². The molecular formula is C54H108N2O5. The predicted octanol–water partition coefficient (Wildman–Crippen LogP) is 15.0. The van der Waals surface area contributed by atoms with Crippen molar-refractivity contribution in [3.05, 3.63) is 0 Å². The Hall–Kier alpha value is -1.18. The lowest BCUT2D eigenvalue weighted by Crippen LogP contribution is -2.35. The van der Waals surface area contributed by atoms with Crippen molar-refractivity contribution in [1.29, 1.82) is 0 Å². The molecule has 2 unspecified atom stereocenters. The molecular weight excluding hydrogens is 757 g/mol. The molecule has 0 aromatic heterocycles. The molecule has 0 saturated heterocycles. The second-order valence-electron chi connectivity index (χ2n) is 18.9. The van der Waals surface area contributed by atoms with E-state index in [4.69, 9.17) is 9.47 Å². The third kappa shape index (κ3) is 41.3. The van der Waals surface area contributed by atoms with Crippen LogP contribution >= 0.6 is 0 Å². The minimum absolute atomic E-state index is 0.000219. The second kappa shape index (κ2) is 48.3. The molecule has 0 aliphatic carbocycles. The maximum Gasteiger partial charge on any atom is 0.305 e. The highest BCUT2D eigenvalue weighted by atomic mass is 16.5. The summed E-state index contributed by atoms with van der Waals surface area (Å²) in [4.78, 5) is 30.0. The van der Waals surface area contributed by atoms with E-state index in [2.05, 4.69) is 39.5 Å². The van der Waals surface area contributed by atoms with Crippen molar-refractivity contribution in [2.24, 2.45) is 11.8 Å². The molecule has 0 aromatic carbocycles. The van der Waals surface area contributed by atoms with Gasteiger partial charge >= 0.3 is 5.97 Å². The van der Waals surface area contributed by atoms with Gasteiger partial charge in [0.15, 0.2) is 0 Å². The first-order valence-electron chi connectivity index (χ1n) is 27.3. The average molecular weight is 865 g/mol. The summed E-state index contributed by atoms with van der Waals surface area (Å²) in [7, 11) is 0. The molecule has 1 amide bonds. The number of rotatable bonds is 50. The van der Waals surface area contributed by atoms with Gasteiger partial charge in [0.05, 0.1) is 13.2 Å². The summed E-state index contributed by atoms with van der Waals surface area (Å²) >= 11 is 0. The highest BCUT2D eigenvalue weighted by molar-refractivity contribution is 5.76. The molecule has 364 valence electrons. The highest BCUT2D eigenvalue weighted by Gasteiger charge is 2.15. The fourth-order valence-electron chi connectivity index (χ4n) is 8.74. The number of nitrogens with zero attached hydrogens (tertiary/aromatic N) is 2. The average Bonchev–Trinajstić information content (AvgIpc) is 3.26. The van der Waals surface area contributed by atoms with E-state index >= 15 is 0 Å². The number of aliphatic hydroxyl groups is 1. The molecule has 2 atom stereocenters. The van der Waals surface area contributed by atoms with Crippen molar-refractivity contribution < 1.29 is 24.2 Å². The van der Waals surface area contributed by atoms with E-state index in [1.165, 1.54) is 180 Å². The lowest BCUT2D eigenvalue weighted by molar-refractivity contribution is -0.145. The zero-order valence-corrected chi connectivity index (χ0v) is 41.9. The van der Waals surface area contributed by atoms with Gasteiger partial charge < -0.3 is 24.4 Å². The van der Waals surface area contributed by atoms with E-state index in [9.17, 15) is 14.7 Å². The summed E-state index contributed by atoms with van der Waals surface area (Å²) in [6.07, 6.45) is 42.9. The van der Waals surface area contributed by atoms with E-state index in [0.717, 1.165) is 83.8 Å². The molecule has 0 radical (unpaired) electrons. The van der Waals surface area contributed by atoms with Crippen LogP contribution in [0.15, 0.2) is 0 Å². The van der Waals surface area contributed by atoms with Gasteiger partial charge in [-0.15, -0.1) is 0 Å². The summed E-state index contributed by atoms with van der Waals surface area (Å²) < 4.78 is 12.0. The van der Waals surface area contributed by atoms with Crippen LogP contribution in [0.3, 0.4) is 0 Å². The van der Waals surface area contributed by atoms with Gasteiger partial charge in [-0.2, -0.15) is 0 Å². The van der Waals surface area contributed by atoms with Crippen molar-refractivity contribution in [1.82, 2.24) is 9.80 Å². The van der Waals surface area contributed by atoms with Gasteiger partial charge in [-0.25, -0.2) is 0 Å². The molecule has 0 fully saturated rings. The maximum absolute atomic E-state index is 12.9. The van der Waals surface area contributed by atoms with Crippen LogP contribution in [0.1, 0.15) is 266 Å². The highest BCUT2D eigenvalue weighted by Crippen LogP contribution is 2.20. The number of amides is 1. The second-order valence-corrected chi connectivity index (χ2v) is 18.9. The lowest BCUT2D eigenvalue weighted by atomic mass is 9.96. The largest absolute Gasteiger partial charge is 0.465 e. The Morgan fingerprint density at radius 3 is 1.38 bits per heavy atom. The third-order valence-electron chi connectivity index (χ3n) is 12.9. The molecule has 0 rings (SSSR count). The summed E-state index contributed by atoms with van der Waals surface area (Å²) in [6.45, 7) is 18.4. The third-order valence-corrected chi connectivity index (χ3v) is 12.9. The fraction of sp³-hybridized carbons (Fsp3) is 0.963. The Balaban J connectivity index is 4.64. The van der Waals surface area contributed by atoms with E-state index in [1.54, 1.807) is 0 Å². The molecule has 61 heavy (non-hydrogen) atoms. The Morgan fingerprint density at radius 1 is 0.426 bits per heavy atom. The molecule has 0 saturated carbocycles. The van der Waals surface area contributed by atoms with E-state index < -0.39 is 0 Å². The van der Waals surface area contributed by atoms with Crippen molar-refractivity contribution in [3.8, 4) is 0 Å². The zero-order chi connectivity index (χ0) is 44.7. The Bertz CT molecular complexity index is 903. The monoisotopic (exact) mass is 865 g/mol. The molecule has 0 aromatic rings. The van der Waals surface area contributed by atoms with Crippen LogP contribution in [0.25, 0.3) is 0 Å². The topological polar surface area (TPSA) is 79.3 Å². The van der Waals surface area contributed by atoms with Gasteiger partial charge in [-0.1, -0.05) is 182 Å². The Kier molecular flexibility index (Phi) is 47.3. The molecule has 0 aliphatic rings. The number of unbranched alkanes of at least 4 members (excludes halogenated alkanes) is 22. The number of ether oxygens (including phenoxy) is 2. The summed E-state index contributed by atoms with van der Waals surface area (Å²) in [5.41, 5.74) is 0. The van der Waals surface area contributed by atoms with E-state index in [0.29, 0.717) is 31.9 Å². The summed E-state index contributed by atoms with van der Waals surface area (Å²) in [5.74, 6) is 1.50. The normalized spacial score (nSPS) is 12.6. The van der Waals surface area contributed by atoms with Gasteiger partial charge in [0, 0.05) is 39.1 Å². The van der Waals surface area contributed by atoms with Crippen molar-refractivity contribution >= 4 is 11.9 Å². The van der Waals surface area contributed by atoms with Gasteiger partial charge in [0.2, 0.25) is 5.91 Å². The van der Waals surface area contributed by atoms with Crippen molar-refractivity contribution in [3.63, 3.8) is 0 Å². The van der Waals surface area contributed by atoms with Crippen LogP contribution in [0.2, 0.25) is 0 Å². The number of esters is 1. The zero-order valence-electron chi connectivity index (χ0n) is 41.9. The first kappa shape index (κ1) is 59.8. The number of carbonyl (C=O) groups is 2. The van der Waals surface area contributed by atoms with Gasteiger partial charge in [-0.05, 0) is 102 Å². The lowest BCUT2D eigenvalue weighted by Gasteiger charge is -2.25. The predicted molar refractivity (Wildman–Crippen MR) is 263 cm³/mol. The smallest absolute Gasteiger partial charge is 0.305 e. The number of hydrogen-bond donors (Lipinski definition) is 1. The quantitative estimate of drug-likeness (QED) is 0.0485. The van der Waals surface area contributed by atoms with E-state index in [1.807, 2.05) is 4.90 Å². The maximum atomic E-state index is 12.9. The molecule has 0 aliphatic heterocycles. The molecule has 7 heteroatoms. The Labute approximate surface area is 381 Å². The van der Waals surface area contributed by atoms with Crippen LogP contribution in [0.5, 0.6) is 0 Å². The first-order valence-corrected chi connectivity index (χ1v) is 27.3. The minimum atomic E-state index is 0.000219. The standard InChI is InChI=1S/C54H108N2O5/c1-6-11-16-22-29-40-53(58)56(46-47-57)45-34-33-44-55(42-31-24-19-20-26-35-48-60-49-51(36-14-9-4)38-27-17-12-7-2)43-32-25-21-23-30-41-54(59)61-50-52(37-15-10-5)39-28-18-13-8-3/h51-52,57H,6-50H2,1-5H3. The summed E-state index contributed by atoms with van der Waals surface area (Å²) in [5, 5.41) is 9.65. The van der Waals surface area contributed by atoms with Crippen LogP contribution in [0.4, 0.5) is 0 Å². The molecule has 1 N–H and O–H groups in total. The molecule has 0 bridgehead atoms. The molecule has 0 spiro atoms. The number of hydrogen-bond acceptors (Lipinski definition) is 6. The molecule has 0 heterocycles. The first-order chi connectivity index (χ1) is 29.9. The summed E-state index contributed by atoms with van der Waals surface area (Å²) in [6, 6.07) is 0. The van der Waals surface area contributed by atoms with Gasteiger partial charge in [0.25, 0.3) is 0 Å². The van der Waals surface area contributed by atoms with Crippen molar-refractivity contribution in [2.45, 2.75) is 266 Å². The fourth-order valence-corrected chi connectivity index (χ4v) is 8.74. The SMILES string of the molecule is CCCCCCCC(=O)N(CCO)CCCCN(CCCCCCCCOCC(CCCC)CCCCCC)CCCCCCCC(=O)OCC(CCCC)CCCCCC. The molecule has 7 nitrogen and oxygen atoms in total. The minimum Gasteiger partial charge on any atom is -0.465 e. The van der Waals surface area contributed by atoms with E-state index in [-0.39, 0.29) is 18.5 Å².